The number of benzene rings is 6. The van der Waals surface area contributed by atoms with Crippen LogP contribution in [0.3, 0.4) is 0 Å². The van der Waals surface area contributed by atoms with Gasteiger partial charge >= 0.3 is 37.8 Å². The molecule has 8 rings (SSSR count). The number of aliphatic hydroxyl groups excluding tert-OH is 2. The van der Waals surface area contributed by atoms with Gasteiger partial charge in [-0.25, -0.2) is 0 Å². The Labute approximate surface area is 428 Å². The summed E-state index contributed by atoms with van der Waals surface area (Å²) in [6.45, 7) is -2.78. The molecule has 2 heterocycles. The van der Waals surface area contributed by atoms with E-state index in [9.17, 15) is 89.2 Å². The van der Waals surface area contributed by atoms with Crippen LogP contribution < -0.4 is 38.2 Å². The van der Waals surface area contributed by atoms with Gasteiger partial charge in [-0.15, -0.1) is 52.7 Å². The minimum Gasteiger partial charge on any atom is -0.488 e. The predicted octanol–water partition coefficient (Wildman–Crippen LogP) is 14.0. The highest BCUT2D eigenvalue weighted by molar-refractivity contribution is 5.82. The highest BCUT2D eigenvalue weighted by Crippen LogP contribution is 2.49. The maximum atomic E-state index is 13.3. The third kappa shape index (κ3) is 15.3. The summed E-state index contributed by atoms with van der Waals surface area (Å²) in [5, 5.41) is 19.7. The molecular weight excluding hydrogens is 1100 g/mol. The first-order chi connectivity index (χ1) is 36.2. The van der Waals surface area contributed by atoms with Crippen LogP contribution in [0.4, 0.5) is 90.4 Å². The van der Waals surface area contributed by atoms with Crippen LogP contribution in [0, 0.1) is 0 Å². The topological polar surface area (TPSA) is 102 Å². The number of ether oxygens (including phenoxy) is 6. The van der Waals surface area contributed by atoms with Crippen molar-refractivity contribution in [2.45, 2.75) is 62.1 Å². The number of rotatable bonds is 12. The van der Waals surface area contributed by atoms with Crippen LogP contribution >= 0.6 is 0 Å². The van der Waals surface area contributed by atoms with Crippen molar-refractivity contribution in [2.24, 2.45) is 0 Å². The van der Waals surface area contributed by atoms with Gasteiger partial charge in [-0.3, -0.25) is 0 Å². The molecule has 0 aliphatic carbocycles. The van der Waals surface area contributed by atoms with Crippen LogP contribution in [0.15, 0.2) is 133 Å². The molecule has 10 nitrogen and oxygen atoms in total. The van der Waals surface area contributed by atoms with Gasteiger partial charge in [-0.05, 0) is 82.9 Å². The SMILES string of the molecule is OC(CN1c2cccc(-c3cccc(OC(F)(F)F)c3)c2OCC1c1cccc(OC(F)(F)F)c1)C(F)(F)F.OC(CN1c2cccc(-c3cccc(OC(F)(F)F)c3)c2OCC1c1cccc(OC(F)(F)F)c1)C(F)(F)F. The van der Waals surface area contributed by atoms with Crippen molar-refractivity contribution in [3.63, 3.8) is 0 Å². The first-order valence-electron chi connectivity index (χ1n) is 22.2. The van der Waals surface area contributed by atoms with Gasteiger partial charge in [-0.1, -0.05) is 72.8 Å². The fraction of sp³-hybridized carbons (Fsp3) is 0.280. The van der Waals surface area contributed by atoms with Crippen LogP contribution in [-0.2, 0) is 0 Å². The average molecular weight is 1130 g/mol. The summed E-state index contributed by atoms with van der Waals surface area (Å²) in [4.78, 5) is 2.23. The molecule has 420 valence electrons. The molecule has 2 aliphatic heterocycles. The van der Waals surface area contributed by atoms with E-state index in [1.54, 1.807) is 0 Å². The molecule has 28 heteroatoms. The van der Waals surface area contributed by atoms with Gasteiger partial charge in [-0.2, -0.15) is 26.3 Å². The van der Waals surface area contributed by atoms with E-state index in [1.807, 2.05) is 0 Å². The van der Waals surface area contributed by atoms with Crippen molar-refractivity contribution in [3.05, 3.63) is 145 Å². The number of hydrogen-bond acceptors (Lipinski definition) is 10. The van der Waals surface area contributed by atoms with E-state index in [4.69, 9.17) is 9.47 Å². The standard InChI is InChI=1S/2C25H18F9NO4/c2*26-23(27,28)21(36)12-35-19-9-3-8-18(14-4-1-6-16(10-14)38-24(29,30)31)22(19)37-13-20(35)15-5-2-7-17(11-15)39-25(32,33)34/h2*1-11,20-21,36H,12-13H2. The minimum atomic E-state index is -5.02. The van der Waals surface area contributed by atoms with E-state index in [2.05, 4.69) is 18.9 Å². The lowest BCUT2D eigenvalue weighted by Crippen LogP contribution is -2.46. The monoisotopic (exact) mass is 1130 g/mol. The Morgan fingerprint density at radius 3 is 1.01 bits per heavy atom. The van der Waals surface area contributed by atoms with Crippen molar-refractivity contribution in [1.29, 1.82) is 0 Å². The summed E-state index contributed by atoms with van der Waals surface area (Å²) in [5.41, 5.74) is 1.03. The molecule has 4 atom stereocenters. The number of halogens is 18. The molecule has 0 saturated heterocycles. The van der Waals surface area contributed by atoms with Gasteiger partial charge in [0.25, 0.3) is 0 Å². The first kappa shape index (κ1) is 58.1. The van der Waals surface area contributed by atoms with Crippen molar-refractivity contribution in [1.82, 2.24) is 0 Å². The minimum absolute atomic E-state index is 0.00465. The first-order valence-corrected chi connectivity index (χ1v) is 22.2. The van der Waals surface area contributed by atoms with Gasteiger partial charge < -0.3 is 48.4 Å². The second-order valence-electron chi connectivity index (χ2n) is 16.8. The zero-order chi connectivity index (χ0) is 57.2. The third-order valence-electron chi connectivity index (χ3n) is 11.3. The molecule has 6 aromatic carbocycles. The van der Waals surface area contributed by atoms with Crippen molar-refractivity contribution < 1.29 is 118 Å². The maximum Gasteiger partial charge on any atom is 0.573 e. The second-order valence-corrected chi connectivity index (χ2v) is 16.8. The zero-order valence-electron chi connectivity index (χ0n) is 38.9. The summed E-state index contributed by atoms with van der Waals surface area (Å²) in [6, 6.07) is 25.1. The fourth-order valence-corrected chi connectivity index (χ4v) is 8.24. The molecule has 2 N–H and O–H groups in total. The van der Waals surface area contributed by atoms with Crippen molar-refractivity contribution in [2.75, 3.05) is 36.1 Å². The molecule has 4 unspecified atom stereocenters. The Bertz CT molecular complexity index is 2820. The third-order valence-corrected chi connectivity index (χ3v) is 11.3. The van der Waals surface area contributed by atoms with E-state index in [0.29, 0.717) is 0 Å². The molecule has 0 spiro atoms. The predicted molar refractivity (Wildman–Crippen MR) is 239 cm³/mol. The van der Waals surface area contributed by atoms with Crippen molar-refractivity contribution >= 4 is 11.4 Å². The Morgan fingerprint density at radius 1 is 0.410 bits per heavy atom. The number of hydrogen-bond donors (Lipinski definition) is 2. The second kappa shape index (κ2) is 22.4. The van der Waals surface area contributed by atoms with E-state index in [-0.39, 0.29) is 69.5 Å². The lowest BCUT2D eigenvalue weighted by atomic mass is 9.98. The number of anilines is 2. The number of para-hydroxylation sites is 2. The average Bonchev–Trinajstić information content (AvgIpc) is 3.36. The van der Waals surface area contributed by atoms with Gasteiger partial charge in [0, 0.05) is 11.1 Å². The Kier molecular flexibility index (Phi) is 16.7. The highest BCUT2D eigenvalue weighted by Gasteiger charge is 2.45. The van der Waals surface area contributed by atoms with E-state index in [1.165, 1.54) is 84.9 Å². The molecule has 2 aliphatic rings. The van der Waals surface area contributed by atoms with E-state index < -0.39 is 98.2 Å². The summed E-state index contributed by atoms with van der Waals surface area (Å²) in [7, 11) is 0. The number of alkyl halides is 18. The van der Waals surface area contributed by atoms with Crippen LogP contribution in [-0.4, -0.2) is 86.5 Å². The Morgan fingerprint density at radius 2 is 0.705 bits per heavy atom. The molecule has 0 radical (unpaired) electrons. The molecule has 0 bridgehead atoms. The quantitative estimate of drug-likeness (QED) is 0.115. The van der Waals surface area contributed by atoms with E-state index in [0.717, 1.165) is 58.3 Å². The van der Waals surface area contributed by atoms with E-state index >= 15 is 0 Å². The number of β-amino-alcohol motifs (C(OH)–C–C–N with tert-alkyl or cyclic N) is 2. The summed E-state index contributed by atoms with van der Waals surface area (Å²) >= 11 is 0. The van der Waals surface area contributed by atoms with Crippen LogP contribution in [0.5, 0.6) is 34.5 Å². The van der Waals surface area contributed by atoms with Crippen LogP contribution in [0.2, 0.25) is 0 Å². The summed E-state index contributed by atoms with van der Waals surface area (Å²) < 4.78 is 260. The fourth-order valence-electron chi connectivity index (χ4n) is 8.24. The Hall–Kier alpha value is -7.62. The van der Waals surface area contributed by atoms with Crippen LogP contribution in [0.1, 0.15) is 23.2 Å². The largest absolute Gasteiger partial charge is 0.573 e. The Balaban J connectivity index is 0.000000226. The van der Waals surface area contributed by atoms with Gasteiger partial charge in [0.05, 0.1) is 36.5 Å². The molecule has 78 heavy (non-hydrogen) atoms. The summed E-state index contributed by atoms with van der Waals surface area (Å²) in [5.74, 6) is -2.33. The lowest BCUT2D eigenvalue weighted by Gasteiger charge is -2.41. The lowest BCUT2D eigenvalue weighted by molar-refractivity contribution is -0.275. The molecule has 0 saturated carbocycles. The number of aliphatic hydroxyl groups is 2. The molecular formula is C50H36F18N2O8. The van der Waals surface area contributed by atoms with Crippen molar-refractivity contribution in [3.8, 4) is 56.8 Å². The normalized spacial score (nSPS) is 16.8. The van der Waals surface area contributed by atoms with Gasteiger partial charge in [0.1, 0.15) is 36.2 Å². The zero-order valence-corrected chi connectivity index (χ0v) is 38.9. The maximum absolute atomic E-state index is 13.3. The van der Waals surface area contributed by atoms with Gasteiger partial charge in [0.2, 0.25) is 0 Å². The molecule has 0 amide bonds. The smallest absolute Gasteiger partial charge is 0.488 e. The molecule has 0 fully saturated rings. The van der Waals surface area contributed by atoms with Crippen LogP contribution in [0.25, 0.3) is 22.3 Å². The summed E-state index contributed by atoms with van der Waals surface area (Å²) in [6.07, 6.45) is -35.7. The number of fused-ring (bicyclic) bond motifs is 2. The highest BCUT2D eigenvalue weighted by atomic mass is 19.4. The van der Waals surface area contributed by atoms with Gasteiger partial charge in [0.15, 0.2) is 23.7 Å². The number of nitrogens with zero attached hydrogens (tertiary/aromatic N) is 2. The molecule has 6 aromatic rings. The molecule has 0 aromatic heterocycles.